The first-order valence-electron chi connectivity index (χ1n) is 8.95. The molecule has 3 N–H and O–H groups in total. The maximum Gasteiger partial charge on any atom is 0.267 e. The third kappa shape index (κ3) is 3.59. The second-order valence-corrected chi connectivity index (χ2v) is 7.83. The highest BCUT2D eigenvalue weighted by Gasteiger charge is 2.15. The second-order valence-electron chi connectivity index (χ2n) is 6.80. The van der Waals surface area contributed by atoms with Gasteiger partial charge in [0.2, 0.25) is 0 Å². The number of rotatable bonds is 5. The van der Waals surface area contributed by atoms with Crippen LogP contribution in [-0.2, 0) is 0 Å². The fourth-order valence-electron chi connectivity index (χ4n) is 2.86. The molecule has 0 atom stereocenters. The molecule has 1 amide bonds. The highest BCUT2D eigenvalue weighted by molar-refractivity contribution is 7.17. The molecule has 0 aliphatic carbocycles. The first-order chi connectivity index (χ1) is 13.5. The zero-order chi connectivity index (χ0) is 19.7. The Kier molecular flexibility index (Phi) is 4.79. The summed E-state index contributed by atoms with van der Waals surface area (Å²) in [7, 11) is 0. The van der Waals surface area contributed by atoms with Gasteiger partial charge in [-0.05, 0) is 36.6 Å². The zero-order valence-electron chi connectivity index (χ0n) is 15.8. The summed E-state index contributed by atoms with van der Waals surface area (Å²) >= 11 is 1.28. The van der Waals surface area contributed by atoms with Crippen LogP contribution in [0.1, 0.15) is 40.7 Å². The number of hydrogen-bond donors (Lipinski definition) is 3. The lowest BCUT2D eigenvalue weighted by molar-refractivity contribution is 0.103. The molecule has 8 heteroatoms. The van der Waals surface area contributed by atoms with E-state index in [1.54, 1.807) is 12.4 Å². The molecule has 1 aromatic carbocycles. The molecule has 7 nitrogen and oxygen atoms in total. The van der Waals surface area contributed by atoms with Crippen LogP contribution in [0.2, 0.25) is 0 Å². The molecular formula is C20H20N6OS. The topological polar surface area (TPSA) is 95.6 Å². The Labute approximate surface area is 166 Å². The number of nitrogens with zero attached hydrogens (tertiary/aromatic N) is 3. The van der Waals surface area contributed by atoms with Crippen molar-refractivity contribution in [3.05, 3.63) is 58.9 Å². The van der Waals surface area contributed by atoms with Crippen molar-refractivity contribution in [2.45, 2.75) is 26.7 Å². The minimum absolute atomic E-state index is 0.203. The van der Waals surface area contributed by atoms with E-state index >= 15 is 0 Å². The maximum atomic E-state index is 12.7. The van der Waals surface area contributed by atoms with Crippen LogP contribution in [0.3, 0.4) is 0 Å². The SMILES string of the molecule is Cc1ccc2[nH]ncc2c1NC(=O)c1cnc(Nc2cccc(C(C)C)n2)s1. The van der Waals surface area contributed by atoms with E-state index in [-0.39, 0.29) is 5.91 Å². The first-order valence-corrected chi connectivity index (χ1v) is 9.77. The van der Waals surface area contributed by atoms with E-state index in [1.165, 1.54) is 11.3 Å². The van der Waals surface area contributed by atoms with Gasteiger partial charge in [0.15, 0.2) is 5.13 Å². The summed E-state index contributed by atoms with van der Waals surface area (Å²) in [6.07, 6.45) is 3.28. The molecule has 3 heterocycles. The van der Waals surface area contributed by atoms with Crippen LogP contribution < -0.4 is 10.6 Å². The highest BCUT2D eigenvalue weighted by Crippen LogP contribution is 2.28. The van der Waals surface area contributed by atoms with Gasteiger partial charge in [-0.2, -0.15) is 5.10 Å². The minimum Gasteiger partial charge on any atom is -0.320 e. The van der Waals surface area contributed by atoms with Gasteiger partial charge < -0.3 is 10.6 Å². The fourth-order valence-corrected chi connectivity index (χ4v) is 3.58. The molecule has 0 unspecified atom stereocenters. The quantitative estimate of drug-likeness (QED) is 0.451. The molecule has 0 bridgehead atoms. The molecule has 0 spiro atoms. The Morgan fingerprint density at radius 2 is 2.04 bits per heavy atom. The van der Waals surface area contributed by atoms with Gasteiger partial charge in [-0.15, -0.1) is 0 Å². The van der Waals surface area contributed by atoms with Crippen molar-refractivity contribution in [1.29, 1.82) is 0 Å². The van der Waals surface area contributed by atoms with Crippen molar-refractivity contribution in [2.75, 3.05) is 10.6 Å². The van der Waals surface area contributed by atoms with Crippen LogP contribution >= 0.6 is 11.3 Å². The summed E-state index contributed by atoms with van der Waals surface area (Å²) in [5, 5.41) is 14.6. The number of amides is 1. The van der Waals surface area contributed by atoms with Crippen molar-refractivity contribution >= 4 is 44.8 Å². The number of aryl methyl sites for hydroxylation is 1. The third-order valence-electron chi connectivity index (χ3n) is 4.40. The van der Waals surface area contributed by atoms with Crippen LogP contribution in [0, 0.1) is 6.92 Å². The maximum absolute atomic E-state index is 12.7. The van der Waals surface area contributed by atoms with E-state index in [1.807, 2.05) is 37.3 Å². The molecular weight excluding hydrogens is 372 g/mol. The molecule has 3 aromatic heterocycles. The number of H-pyrrole nitrogens is 1. The smallest absolute Gasteiger partial charge is 0.267 e. The Morgan fingerprint density at radius 3 is 2.86 bits per heavy atom. The Hall–Kier alpha value is -3.26. The number of benzene rings is 1. The number of aromatic amines is 1. The standard InChI is InChI=1S/C20H20N6OS/c1-11(2)14-5-4-6-17(23-14)24-20-21-10-16(28-20)19(27)25-18-12(3)7-8-15-13(18)9-22-26-15/h4-11H,1-3H3,(H,22,26)(H,25,27)(H,21,23,24). The molecule has 0 saturated heterocycles. The normalized spacial score (nSPS) is 11.1. The van der Waals surface area contributed by atoms with Crippen LogP contribution in [0.15, 0.2) is 42.7 Å². The number of nitrogens with one attached hydrogen (secondary N) is 3. The molecule has 0 fully saturated rings. The number of carbonyl (C=O) groups excluding carboxylic acids is 1. The number of anilines is 3. The van der Waals surface area contributed by atoms with Crippen LogP contribution in [0.4, 0.5) is 16.6 Å². The zero-order valence-corrected chi connectivity index (χ0v) is 16.6. The lowest BCUT2D eigenvalue weighted by Crippen LogP contribution is -2.11. The molecule has 0 aliphatic heterocycles. The lowest BCUT2D eigenvalue weighted by Gasteiger charge is -2.08. The molecule has 0 radical (unpaired) electrons. The van der Waals surface area contributed by atoms with Gasteiger partial charge in [-0.3, -0.25) is 9.89 Å². The number of pyridine rings is 1. The fraction of sp³-hybridized carbons (Fsp3) is 0.200. The summed E-state index contributed by atoms with van der Waals surface area (Å²) in [4.78, 5) is 22.1. The van der Waals surface area contributed by atoms with Crippen LogP contribution in [0.5, 0.6) is 0 Å². The lowest BCUT2D eigenvalue weighted by atomic mass is 10.1. The van der Waals surface area contributed by atoms with E-state index in [0.717, 1.165) is 27.8 Å². The Balaban J connectivity index is 1.52. The number of fused-ring (bicyclic) bond motifs is 1. The number of hydrogen-bond acceptors (Lipinski definition) is 6. The van der Waals surface area contributed by atoms with Crippen LogP contribution in [-0.4, -0.2) is 26.1 Å². The van der Waals surface area contributed by atoms with E-state index in [4.69, 9.17) is 0 Å². The summed E-state index contributed by atoms with van der Waals surface area (Å²) in [5.41, 5.74) is 3.61. The molecule has 0 aliphatic rings. The number of thiazole rings is 1. The van der Waals surface area contributed by atoms with Crippen molar-refractivity contribution < 1.29 is 4.79 Å². The summed E-state index contributed by atoms with van der Waals surface area (Å²) < 4.78 is 0. The van der Waals surface area contributed by atoms with Gasteiger partial charge in [0.25, 0.3) is 5.91 Å². The molecule has 142 valence electrons. The van der Waals surface area contributed by atoms with Crippen molar-refractivity contribution in [1.82, 2.24) is 20.2 Å². The summed E-state index contributed by atoms with van der Waals surface area (Å²) in [6.45, 7) is 6.15. The predicted octanol–water partition coefficient (Wildman–Crippen LogP) is 4.84. The predicted molar refractivity (Wildman–Crippen MR) is 113 cm³/mol. The van der Waals surface area contributed by atoms with Gasteiger partial charge in [-0.25, -0.2) is 9.97 Å². The Morgan fingerprint density at radius 1 is 1.18 bits per heavy atom. The third-order valence-corrected chi connectivity index (χ3v) is 5.31. The van der Waals surface area contributed by atoms with Gasteiger partial charge in [0.1, 0.15) is 10.7 Å². The van der Waals surface area contributed by atoms with E-state index in [2.05, 4.69) is 44.6 Å². The van der Waals surface area contributed by atoms with Gasteiger partial charge >= 0.3 is 0 Å². The van der Waals surface area contributed by atoms with E-state index in [9.17, 15) is 4.79 Å². The Bertz CT molecular complexity index is 1150. The number of carbonyl (C=O) groups is 1. The van der Waals surface area contributed by atoms with Crippen LogP contribution in [0.25, 0.3) is 10.9 Å². The monoisotopic (exact) mass is 392 g/mol. The molecule has 4 aromatic rings. The average molecular weight is 392 g/mol. The minimum atomic E-state index is -0.203. The second kappa shape index (κ2) is 7.40. The van der Waals surface area contributed by atoms with Crippen molar-refractivity contribution in [3.63, 3.8) is 0 Å². The van der Waals surface area contributed by atoms with Gasteiger partial charge in [0.05, 0.1) is 23.6 Å². The van der Waals surface area contributed by atoms with Crippen molar-refractivity contribution in [2.24, 2.45) is 0 Å². The molecule has 28 heavy (non-hydrogen) atoms. The molecule has 4 rings (SSSR count). The van der Waals surface area contributed by atoms with E-state index < -0.39 is 0 Å². The molecule has 0 saturated carbocycles. The average Bonchev–Trinajstić information content (AvgIpc) is 3.33. The van der Waals surface area contributed by atoms with E-state index in [0.29, 0.717) is 21.7 Å². The van der Waals surface area contributed by atoms with Gasteiger partial charge in [-0.1, -0.05) is 37.3 Å². The summed E-state index contributed by atoms with van der Waals surface area (Å²) in [6, 6.07) is 9.73. The largest absolute Gasteiger partial charge is 0.320 e. The van der Waals surface area contributed by atoms with Crippen molar-refractivity contribution in [3.8, 4) is 0 Å². The van der Waals surface area contributed by atoms with Gasteiger partial charge in [0, 0.05) is 11.1 Å². The number of aromatic nitrogens is 4. The first kappa shape index (κ1) is 18.1. The summed E-state index contributed by atoms with van der Waals surface area (Å²) in [5.74, 6) is 0.853. The highest BCUT2D eigenvalue weighted by atomic mass is 32.1.